The van der Waals surface area contributed by atoms with Crippen molar-refractivity contribution >= 4 is 12.4 Å². The number of H-pyrrole nitrogens is 1. The topological polar surface area (TPSA) is 37.9 Å². The minimum absolute atomic E-state index is 0. The Bertz CT molecular complexity index is 422. The first-order valence-electron chi connectivity index (χ1n) is 4.46. The lowest BCUT2D eigenvalue weighted by Gasteiger charge is -2.01. The molecule has 15 heavy (non-hydrogen) atoms. The van der Waals surface area contributed by atoms with Gasteiger partial charge in [-0.3, -0.25) is 5.10 Å². The van der Waals surface area contributed by atoms with Gasteiger partial charge in [0, 0.05) is 11.8 Å². The van der Waals surface area contributed by atoms with E-state index in [0.717, 1.165) is 22.6 Å². The number of methoxy groups -OCH3 is 1. The molecule has 80 valence electrons. The van der Waals surface area contributed by atoms with E-state index in [2.05, 4.69) is 10.2 Å². The standard InChI is InChI=1S/C11H12N2O.ClH/c1-8-7-12-13-11(8)9-3-5-10(14-2)6-4-9;/h3-7H,1-2H3,(H,12,13);1H. The van der Waals surface area contributed by atoms with Crippen LogP contribution < -0.4 is 4.74 Å². The molecule has 1 aromatic heterocycles. The first kappa shape index (κ1) is 11.6. The van der Waals surface area contributed by atoms with Crippen LogP contribution in [0.25, 0.3) is 11.3 Å². The van der Waals surface area contributed by atoms with Gasteiger partial charge in [-0.05, 0) is 36.8 Å². The SMILES string of the molecule is COc1ccc(-c2n[nH]cc2C)cc1.Cl. The Labute approximate surface area is 94.9 Å². The van der Waals surface area contributed by atoms with Crippen LogP contribution in [0.2, 0.25) is 0 Å². The highest BCUT2D eigenvalue weighted by molar-refractivity contribution is 5.85. The van der Waals surface area contributed by atoms with Gasteiger partial charge in [-0.15, -0.1) is 12.4 Å². The largest absolute Gasteiger partial charge is 0.497 e. The second kappa shape index (κ2) is 4.84. The molecular weight excluding hydrogens is 212 g/mol. The highest BCUT2D eigenvalue weighted by Gasteiger charge is 2.03. The van der Waals surface area contributed by atoms with Crippen molar-refractivity contribution in [2.75, 3.05) is 7.11 Å². The van der Waals surface area contributed by atoms with Gasteiger partial charge in [0.1, 0.15) is 5.75 Å². The van der Waals surface area contributed by atoms with Gasteiger partial charge in [-0.2, -0.15) is 5.10 Å². The summed E-state index contributed by atoms with van der Waals surface area (Å²) in [6.45, 7) is 2.03. The second-order valence-corrected chi connectivity index (χ2v) is 3.15. The predicted octanol–water partition coefficient (Wildman–Crippen LogP) is 2.82. The Morgan fingerprint density at radius 2 is 1.87 bits per heavy atom. The summed E-state index contributed by atoms with van der Waals surface area (Å²) >= 11 is 0. The molecule has 0 amide bonds. The number of ether oxygens (including phenoxy) is 1. The van der Waals surface area contributed by atoms with Crippen LogP contribution in [-0.4, -0.2) is 17.3 Å². The number of nitrogens with zero attached hydrogens (tertiary/aromatic N) is 1. The zero-order valence-corrected chi connectivity index (χ0v) is 9.47. The van der Waals surface area contributed by atoms with E-state index in [1.807, 2.05) is 37.4 Å². The average molecular weight is 225 g/mol. The summed E-state index contributed by atoms with van der Waals surface area (Å²) in [6.07, 6.45) is 1.89. The van der Waals surface area contributed by atoms with Crippen molar-refractivity contribution in [1.29, 1.82) is 0 Å². The maximum atomic E-state index is 5.09. The summed E-state index contributed by atoms with van der Waals surface area (Å²) in [7, 11) is 1.66. The van der Waals surface area contributed by atoms with Crippen LogP contribution >= 0.6 is 12.4 Å². The quantitative estimate of drug-likeness (QED) is 0.852. The fourth-order valence-corrected chi connectivity index (χ4v) is 1.39. The number of benzene rings is 1. The summed E-state index contributed by atoms with van der Waals surface area (Å²) in [5.74, 6) is 0.863. The van der Waals surface area contributed by atoms with Gasteiger partial charge in [0.2, 0.25) is 0 Å². The number of nitrogens with one attached hydrogen (secondary N) is 1. The highest BCUT2D eigenvalue weighted by atomic mass is 35.5. The molecule has 0 radical (unpaired) electrons. The molecule has 0 saturated carbocycles. The van der Waals surface area contributed by atoms with Crippen molar-refractivity contribution in [3.8, 4) is 17.0 Å². The molecule has 0 atom stereocenters. The van der Waals surface area contributed by atoms with Crippen molar-refractivity contribution in [3.05, 3.63) is 36.0 Å². The van der Waals surface area contributed by atoms with E-state index in [-0.39, 0.29) is 12.4 Å². The van der Waals surface area contributed by atoms with Crippen LogP contribution in [0.1, 0.15) is 5.56 Å². The molecule has 0 fully saturated rings. The van der Waals surface area contributed by atoms with E-state index < -0.39 is 0 Å². The lowest BCUT2D eigenvalue weighted by atomic mass is 10.1. The molecule has 1 N–H and O–H groups in total. The Morgan fingerprint density at radius 3 is 2.33 bits per heavy atom. The highest BCUT2D eigenvalue weighted by Crippen LogP contribution is 2.22. The molecule has 3 nitrogen and oxygen atoms in total. The fraction of sp³-hybridized carbons (Fsp3) is 0.182. The number of aryl methyl sites for hydroxylation is 1. The number of hydrogen-bond donors (Lipinski definition) is 1. The van der Waals surface area contributed by atoms with Crippen LogP contribution in [0.5, 0.6) is 5.75 Å². The number of halogens is 1. The molecule has 0 saturated heterocycles. The van der Waals surface area contributed by atoms with Gasteiger partial charge >= 0.3 is 0 Å². The monoisotopic (exact) mass is 224 g/mol. The minimum Gasteiger partial charge on any atom is -0.497 e. The molecule has 2 aromatic rings. The number of hydrogen-bond acceptors (Lipinski definition) is 2. The van der Waals surface area contributed by atoms with Gasteiger partial charge in [0.15, 0.2) is 0 Å². The third kappa shape index (κ3) is 2.30. The van der Waals surface area contributed by atoms with Crippen LogP contribution in [0, 0.1) is 6.92 Å². The Kier molecular flexibility index (Phi) is 3.74. The first-order chi connectivity index (χ1) is 6.81. The summed E-state index contributed by atoms with van der Waals surface area (Å²) in [5, 5.41) is 7.02. The Balaban J connectivity index is 0.00000112. The van der Waals surface area contributed by atoms with E-state index in [9.17, 15) is 0 Å². The summed E-state index contributed by atoms with van der Waals surface area (Å²) in [5.41, 5.74) is 3.24. The minimum atomic E-state index is 0. The van der Waals surface area contributed by atoms with Gasteiger partial charge in [0.25, 0.3) is 0 Å². The zero-order chi connectivity index (χ0) is 9.97. The molecule has 1 heterocycles. The van der Waals surface area contributed by atoms with Crippen LogP contribution in [0.15, 0.2) is 30.5 Å². The molecule has 2 rings (SSSR count). The maximum absolute atomic E-state index is 5.09. The van der Waals surface area contributed by atoms with Crippen LogP contribution in [0.4, 0.5) is 0 Å². The molecule has 0 spiro atoms. The van der Waals surface area contributed by atoms with Crippen molar-refractivity contribution in [2.24, 2.45) is 0 Å². The molecular formula is C11H13ClN2O. The molecule has 0 aliphatic rings. The third-order valence-corrected chi connectivity index (χ3v) is 2.19. The van der Waals surface area contributed by atoms with Crippen LogP contribution in [-0.2, 0) is 0 Å². The van der Waals surface area contributed by atoms with E-state index in [0.29, 0.717) is 0 Å². The molecule has 0 unspecified atom stereocenters. The zero-order valence-electron chi connectivity index (χ0n) is 8.65. The second-order valence-electron chi connectivity index (χ2n) is 3.15. The fourth-order valence-electron chi connectivity index (χ4n) is 1.39. The lowest BCUT2D eigenvalue weighted by molar-refractivity contribution is 0.415. The van der Waals surface area contributed by atoms with E-state index in [4.69, 9.17) is 4.74 Å². The number of aromatic amines is 1. The van der Waals surface area contributed by atoms with Crippen molar-refractivity contribution in [2.45, 2.75) is 6.92 Å². The van der Waals surface area contributed by atoms with Gasteiger partial charge in [0.05, 0.1) is 12.8 Å². The van der Waals surface area contributed by atoms with Crippen molar-refractivity contribution < 1.29 is 4.74 Å². The summed E-state index contributed by atoms with van der Waals surface area (Å²) in [6, 6.07) is 7.87. The average Bonchev–Trinajstić information content (AvgIpc) is 2.65. The van der Waals surface area contributed by atoms with Crippen LogP contribution in [0.3, 0.4) is 0 Å². The van der Waals surface area contributed by atoms with Crippen molar-refractivity contribution in [3.63, 3.8) is 0 Å². The Hall–Kier alpha value is -1.48. The lowest BCUT2D eigenvalue weighted by Crippen LogP contribution is -1.84. The smallest absolute Gasteiger partial charge is 0.118 e. The van der Waals surface area contributed by atoms with E-state index in [1.165, 1.54) is 0 Å². The van der Waals surface area contributed by atoms with Gasteiger partial charge in [-0.25, -0.2) is 0 Å². The van der Waals surface area contributed by atoms with E-state index >= 15 is 0 Å². The molecule has 0 aliphatic heterocycles. The van der Waals surface area contributed by atoms with Gasteiger partial charge in [-0.1, -0.05) is 0 Å². The number of aromatic nitrogens is 2. The predicted molar refractivity (Wildman–Crippen MR) is 62.6 cm³/mol. The number of rotatable bonds is 2. The molecule has 0 bridgehead atoms. The van der Waals surface area contributed by atoms with E-state index in [1.54, 1.807) is 7.11 Å². The molecule has 4 heteroatoms. The summed E-state index contributed by atoms with van der Waals surface area (Å²) in [4.78, 5) is 0. The third-order valence-electron chi connectivity index (χ3n) is 2.19. The normalized spacial score (nSPS) is 9.47. The Morgan fingerprint density at radius 1 is 1.20 bits per heavy atom. The molecule has 1 aromatic carbocycles. The van der Waals surface area contributed by atoms with Crippen molar-refractivity contribution in [1.82, 2.24) is 10.2 Å². The summed E-state index contributed by atoms with van der Waals surface area (Å²) < 4.78 is 5.09. The first-order valence-corrected chi connectivity index (χ1v) is 4.46. The van der Waals surface area contributed by atoms with Gasteiger partial charge < -0.3 is 4.74 Å². The molecule has 0 aliphatic carbocycles. The maximum Gasteiger partial charge on any atom is 0.118 e.